The van der Waals surface area contributed by atoms with Crippen molar-refractivity contribution in [3.8, 4) is 0 Å². The Hall–Kier alpha value is -1.81. The minimum atomic E-state index is -1.49. The topological polar surface area (TPSA) is 151 Å². The second kappa shape index (κ2) is 10.2. The summed E-state index contributed by atoms with van der Waals surface area (Å²) in [7, 11) is 0. The molecule has 9 nitrogen and oxygen atoms in total. The van der Waals surface area contributed by atoms with E-state index in [0.717, 1.165) is 0 Å². The van der Waals surface area contributed by atoms with Crippen LogP contribution in [0.4, 0.5) is 0 Å². The van der Waals surface area contributed by atoms with E-state index in [-0.39, 0.29) is 31.0 Å². The zero-order valence-electron chi connectivity index (χ0n) is 25.0. The van der Waals surface area contributed by atoms with E-state index in [0.29, 0.717) is 37.7 Å². The number of carbonyl (C=O) groups excluding carboxylic acids is 3. The van der Waals surface area contributed by atoms with Crippen molar-refractivity contribution in [1.29, 1.82) is 0 Å². The molecule has 0 aliphatic heterocycles. The second-order valence-electron chi connectivity index (χ2n) is 14.4. The van der Waals surface area contributed by atoms with Crippen LogP contribution in [0, 0.1) is 28.6 Å². The molecule has 4 N–H and O–H groups in total. The molecule has 9 heteroatoms. The number of ether oxygens (including phenoxy) is 2. The lowest BCUT2D eigenvalue weighted by atomic mass is 9.45. The van der Waals surface area contributed by atoms with E-state index in [9.17, 15) is 34.8 Å². The van der Waals surface area contributed by atoms with E-state index in [1.165, 1.54) is 13.8 Å². The molecule has 0 aromatic rings. The minimum absolute atomic E-state index is 0.131. The second-order valence-corrected chi connectivity index (χ2v) is 14.4. The summed E-state index contributed by atoms with van der Waals surface area (Å²) in [6, 6.07) is 0. The highest BCUT2D eigenvalue weighted by atomic mass is 16.6. The molecule has 3 fully saturated rings. The van der Waals surface area contributed by atoms with Gasteiger partial charge in [0.15, 0.2) is 5.78 Å². The molecule has 10 atom stereocenters. The van der Waals surface area contributed by atoms with Gasteiger partial charge in [0.2, 0.25) is 0 Å². The lowest BCUT2D eigenvalue weighted by Gasteiger charge is -2.60. The summed E-state index contributed by atoms with van der Waals surface area (Å²) >= 11 is 0. The third-order valence-corrected chi connectivity index (χ3v) is 11.1. The summed E-state index contributed by atoms with van der Waals surface area (Å²) in [6.45, 7) is 11.5. The van der Waals surface area contributed by atoms with Gasteiger partial charge in [-0.05, 0) is 101 Å². The summed E-state index contributed by atoms with van der Waals surface area (Å²) < 4.78 is 11.0. The quantitative estimate of drug-likeness (QED) is 0.342. The Balaban J connectivity index is 1.67. The first-order valence-corrected chi connectivity index (χ1v) is 14.7. The zero-order valence-corrected chi connectivity index (χ0v) is 25.0. The molecule has 3 saturated carbocycles. The Morgan fingerprint density at radius 2 is 1.73 bits per heavy atom. The number of rotatable bonds is 7. The number of fused-ring (bicyclic) bond motifs is 5. The first-order chi connectivity index (χ1) is 18.3. The molecule has 0 aromatic carbocycles. The predicted octanol–water partition coefficient (Wildman–Crippen LogP) is 3.00. The number of hydrogen-bond acceptors (Lipinski definition) is 9. The van der Waals surface area contributed by atoms with Crippen LogP contribution < -0.4 is 0 Å². The van der Waals surface area contributed by atoms with E-state index in [4.69, 9.17) is 9.47 Å². The molecule has 4 aliphatic rings. The number of aliphatic hydroxyl groups excluding tert-OH is 1. The van der Waals surface area contributed by atoms with E-state index in [2.05, 4.69) is 0 Å². The smallest absolute Gasteiger partial charge is 0.303 e. The monoisotopic (exact) mass is 564 g/mol. The van der Waals surface area contributed by atoms with Crippen molar-refractivity contribution in [2.45, 2.75) is 135 Å². The molecule has 0 bridgehead atoms. The summed E-state index contributed by atoms with van der Waals surface area (Å²) in [5.74, 6) is -2.17. The van der Waals surface area contributed by atoms with Crippen molar-refractivity contribution in [3.05, 3.63) is 11.6 Å². The molecule has 0 aromatic heterocycles. The third kappa shape index (κ3) is 5.05. The third-order valence-electron chi connectivity index (χ3n) is 11.1. The molecule has 0 radical (unpaired) electrons. The van der Waals surface area contributed by atoms with Gasteiger partial charge in [0, 0.05) is 25.2 Å². The summed E-state index contributed by atoms with van der Waals surface area (Å²) in [6.07, 6.45) is 2.20. The van der Waals surface area contributed by atoms with E-state index in [1.807, 2.05) is 13.8 Å². The van der Waals surface area contributed by atoms with Crippen molar-refractivity contribution in [1.82, 2.24) is 0 Å². The Bertz CT molecular complexity index is 1070. The number of allylic oxidation sites excluding steroid dienone is 1. The predicted molar refractivity (Wildman–Crippen MR) is 146 cm³/mol. The summed E-state index contributed by atoms with van der Waals surface area (Å²) in [4.78, 5) is 37.2. The van der Waals surface area contributed by atoms with Gasteiger partial charge in [-0.1, -0.05) is 13.8 Å². The fourth-order valence-electron chi connectivity index (χ4n) is 9.01. The van der Waals surface area contributed by atoms with E-state index < -0.39 is 69.7 Å². The van der Waals surface area contributed by atoms with Crippen LogP contribution in [0.2, 0.25) is 0 Å². The largest absolute Gasteiger partial charge is 0.460 e. The lowest BCUT2D eigenvalue weighted by Crippen LogP contribution is -2.63. The van der Waals surface area contributed by atoms with Crippen molar-refractivity contribution in [2.75, 3.05) is 0 Å². The molecule has 0 saturated heterocycles. The van der Waals surface area contributed by atoms with Gasteiger partial charge in [-0.2, -0.15) is 0 Å². The molecule has 0 amide bonds. The van der Waals surface area contributed by atoms with Gasteiger partial charge in [0.1, 0.15) is 17.8 Å². The zero-order chi connectivity index (χ0) is 30.1. The molecule has 0 spiro atoms. The maximum Gasteiger partial charge on any atom is 0.303 e. The Kier molecular flexibility index (Phi) is 7.92. The molecular formula is C31H48O9. The normalized spacial score (nSPS) is 41.5. The van der Waals surface area contributed by atoms with Crippen LogP contribution in [0.25, 0.3) is 0 Å². The van der Waals surface area contributed by atoms with Gasteiger partial charge in [-0.3, -0.25) is 14.4 Å². The molecule has 40 heavy (non-hydrogen) atoms. The van der Waals surface area contributed by atoms with Gasteiger partial charge in [0.05, 0.1) is 17.3 Å². The van der Waals surface area contributed by atoms with Crippen LogP contribution in [0.3, 0.4) is 0 Å². The highest BCUT2D eigenvalue weighted by Gasteiger charge is 2.69. The van der Waals surface area contributed by atoms with Gasteiger partial charge in [-0.15, -0.1) is 0 Å². The maximum absolute atomic E-state index is 13.6. The standard InChI is InChI=1S/C31H48O9/c1-17(32)39-24-15-21-22(34)14-20-19(28(21,5)16-23(24)35)8-12-29(6)25(9-13-31(20,29)38)30(7,37)26(40-18(2)33)10-11-27(3,4)36/h14,19,21,23-26,35-38H,8-13,15-16H2,1-7H3/t19-,21-,23-,24+,25-,26+,28+,29+,30+,31+/m0/s1. The van der Waals surface area contributed by atoms with Crippen molar-refractivity contribution < 1.29 is 44.3 Å². The average Bonchev–Trinajstić information content (AvgIpc) is 3.09. The van der Waals surface area contributed by atoms with Crippen molar-refractivity contribution >= 4 is 17.7 Å². The SMILES string of the molecule is CC(=O)O[C@@H]1C[C@H]2C(=O)C=C3[C@H](CC[C@]4(C)[C@@H]([C@@](C)(O)[C@@H](CCC(C)(C)O)OC(C)=O)CC[C@@]34O)[C@@]2(C)C[C@@H]1O. The Morgan fingerprint density at radius 1 is 1.07 bits per heavy atom. The fourth-order valence-corrected chi connectivity index (χ4v) is 9.01. The highest BCUT2D eigenvalue weighted by molar-refractivity contribution is 5.95. The van der Waals surface area contributed by atoms with Crippen LogP contribution in [0.15, 0.2) is 11.6 Å². The number of hydrogen-bond donors (Lipinski definition) is 4. The van der Waals surface area contributed by atoms with Crippen LogP contribution in [-0.4, -0.2) is 73.3 Å². The number of aliphatic hydroxyl groups is 4. The average molecular weight is 565 g/mol. The van der Waals surface area contributed by atoms with Gasteiger partial charge < -0.3 is 29.9 Å². The van der Waals surface area contributed by atoms with Gasteiger partial charge in [0.25, 0.3) is 0 Å². The van der Waals surface area contributed by atoms with Gasteiger partial charge >= 0.3 is 11.9 Å². The van der Waals surface area contributed by atoms with Crippen LogP contribution in [0.1, 0.15) is 99.8 Å². The highest BCUT2D eigenvalue weighted by Crippen LogP contribution is 2.68. The molecular weight excluding hydrogens is 516 g/mol. The van der Waals surface area contributed by atoms with E-state index in [1.54, 1.807) is 26.8 Å². The maximum atomic E-state index is 13.6. The molecule has 4 rings (SSSR count). The minimum Gasteiger partial charge on any atom is -0.460 e. The Morgan fingerprint density at radius 3 is 2.30 bits per heavy atom. The number of carbonyl (C=O) groups is 3. The van der Waals surface area contributed by atoms with E-state index >= 15 is 0 Å². The summed E-state index contributed by atoms with van der Waals surface area (Å²) in [5.41, 5.74) is -4.60. The molecule has 0 unspecified atom stereocenters. The number of ketones is 1. The van der Waals surface area contributed by atoms with Crippen LogP contribution in [-0.2, 0) is 23.9 Å². The molecule has 4 aliphatic carbocycles. The number of esters is 2. The Labute approximate surface area is 237 Å². The first kappa shape index (κ1) is 31.1. The van der Waals surface area contributed by atoms with Crippen LogP contribution >= 0.6 is 0 Å². The van der Waals surface area contributed by atoms with Crippen molar-refractivity contribution in [2.24, 2.45) is 28.6 Å². The molecule has 0 heterocycles. The first-order valence-electron chi connectivity index (χ1n) is 14.7. The summed E-state index contributed by atoms with van der Waals surface area (Å²) in [5, 5.41) is 45.7. The van der Waals surface area contributed by atoms with Crippen LogP contribution in [0.5, 0.6) is 0 Å². The molecule has 226 valence electrons. The fraction of sp³-hybridized carbons (Fsp3) is 0.839. The lowest BCUT2D eigenvalue weighted by molar-refractivity contribution is -0.194. The van der Waals surface area contributed by atoms with Crippen molar-refractivity contribution in [3.63, 3.8) is 0 Å². The van der Waals surface area contributed by atoms with Gasteiger partial charge in [-0.25, -0.2) is 0 Å².